The van der Waals surface area contributed by atoms with Crippen molar-refractivity contribution in [1.29, 1.82) is 0 Å². The Labute approximate surface area is 181 Å². The summed E-state index contributed by atoms with van der Waals surface area (Å²) in [5, 5.41) is 8.61. The number of carbonyl (C=O) groups excluding carboxylic acids is 2. The smallest absolute Gasteiger partial charge is 0.410 e. The lowest BCUT2D eigenvalue weighted by Gasteiger charge is -2.40. The summed E-state index contributed by atoms with van der Waals surface area (Å²) in [6.45, 7) is 6.41. The number of hydrogen-bond donors (Lipinski definition) is 3. The maximum absolute atomic E-state index is 13.1. The van der Waals surface area contributed by atoms with E-state index in [-0.39, 0.29) is 48.6 Å². The molecule has 1 saturated heterocycles. The Balaban J connectivity index is 0.00000392. The summed E-state index contributed by atoms with van der Waals surface area (Å²) in [5.41, 5.74) is -0.140. The molecule has 8 nitrogen and oxygen atoms in total. The fourth-order valence-electron chi connectivity index (χ4n) is 2.37. The van der Waals surface area contributed by atoms with E-state index in [1.165, 1.54) is 18.2 Å². The highest BCUT2D eigenvalue weighted by molar-refractivity contribution is 14.0. The van der Waals surface area contributed by atoms with Gasteiger partial charge in [-0.25, -0.2) is 9.18 Å². The number of nitrogens with zero attached hydrogens (tertiary/aromatic N) is 2. The van der Waals surface area contributed by atoms with Crippen molar-refractivity contribution in [3.8, 4) is 0 Å². The molecule has 0 bridgehead atoms. The number of anilines is 1. The monoisotopic (exact) mass is 507 g/mol. The van der Waals surface area contributed by atoms with E-state index in [9.17, 15) is 14.0 Å². The lowest BCUT2D eigenvalue weighted by molar-refractivity contribution is -0.115. The van der Waals surface area contributed by atoms with Crippen LogP contribution in [-0.2, 0) is 9.53 Å². The molecular formula is C18H27FIN5O3. The van der Waals surface area contributed by atoms with E-state index in [0.29, 0.717) is 24.7 Å². The minimum absolute atomic E-state index is 0. The molecule has 10 heteroatoms. The molecule has 0 aliphatic carbocycles. The van der Waals surface area contributed by atoms with Gasteiger partial charge in [0.05, 0.1) is 12.6 Å². The molecule has 2 rings (SSSR count). The third-order valence-corrected chi connectivity index (χ3v) is 3.62. The van der Waals surface area contributed by atoms with Crippen LogP contribution in [0.3, 0.4) is 0 Å². The van der Waals surface area contributed by atoms with Crippen molar-refractivity contribution in [2.45, 2.75) is 32.4 Å². The molecule has 0 aromatic heterocycles. The molecule has 1 aliphatic heterocycles. The minimum atomic E-state index is -0.526. The molecule has 1 aromatic rings. The van der Waals surface area contributed by atoms with Gasteiger partial charge in [0, 0.05) is 25.8 Å². The van der Waals surface area contributed by atoms with Gasteiger partial charge in [-0.15, -0.1) is 24.0 Å². The fourth-order valence-corrected chi connectivity index (χ4v) is 2.37. The number of nitrogens with one attached hydrogen (secondary N) is 3. The van der Waals surface area contributed by atoms with E-state index in [1.807, 2.05) is 20.8 Å². The summed E-state index contributed by atoms with van der Waals surface area (Å²) in [6, 6.07) is 5.69. The lowest BCUT2D eigenvalue weighted by Crippen LogP contribution is -2.63. The van der Waals surface area contributed by atoms with Gasteiger partial charge in [-0.1, -0.05) is 6.07 Å². The summed E-state index contributed by atoms with van der Waals surface area (Å²) in [5.74, 6) is -0.302. The number of likely N-dealkylation sites (tertiary alicyclic amines) is 1. The molecule has 0 saturated carbocycles. The van der Waals surface area contributed by atoms with Gasteiger partial charge in [0.1, 0.15) is 11.4 Å². The third kappa shape index (κ3) is 7.87. The van der Waals surface area contributed by atoms with Crippen LogP contribution in [0.4, 0.5) is 14.9 Å². The number of rotatable bonds is 4. The van der Waals surface area contributed by atoms with E-state index in [0.717, 1.165) is 0 Å². The Morgan fingerprint density at radius 1 is 1.32 bits per heavy atom. The van der Waals surface area contributed by atoms with Crippen LogP contribution in [0.5, 0.6) is 0 Å². The van der Waals surface area contributed by atoms with Crippen molar-refractivity contribution in [2.24, 2.45) is 4.99 Å². The number of aliphatic imine (C=N–C) groups is 1. The number of ether oxygens (including phenoxy) is 1. The van der Waals surface area contributed by atoms with E-state index in [4.69, 9.17) is 4.74 Å². The van der Waals surface area contributed by atoms with E-state index >= 15 is 0 Å². The van der Waals surface area contributed by atoms with Gasteiger partial charge in [-0.05, 0) is 39.0 Å². The molecule has 0 spiro atoms. The summed E-state index contributed by atoms with van der Waals surface area (Å²) < 4.78 is 18.4. The predicted octanol–water partition coefficient (Wildman–Crippen LogP) is 2.17. The Bertz CT molecular complexity index is 717. The quantitative estimate of drug-likeness (QED) is 0.330. The summed E-state index contributed by atoms with van der Waals surface area (Å²) in [6.07, 6.45) is -0.349. The Morgan fingerprint density at radius 2 is 2.00 bits per heavy atom. The number of benzene rings is 1. The number of carbonyl (C=O) groups is 2. The fraction of sp³-hybridized carbons (Fsp3) is 0.500. The highest BCUT2D eigenvalue weighted by atomic mass is 127. The van der Waals surface area contributed by atoms with Gasteiger partial charge in [0.15, 0.2) is 5.96 Å². The van der Waals surface area contributed by atoms with Crippen molar-refractivity contribution < 1.29 is 18.7 Å². The van der Waals surface area contributed by atoms with E-state index in [1.54, 1.807) is 18.0 Å². The molecule has 3 N–H and O–H groups in total. The summed E-state index contributed by atoms with van der Waals surface area (Å²) >= 11 is 0. The van der Waals surface area contributed by atoms with Gasteiger partial charge in [0.2, 0.25) is 5.91 Å². The molecule has 1 aromatic carbocycles. The minimum Gasteiger partial charge on any atom is -0.444 e. The van der Waals surface area contributed by atoms with Gasteiger partial charge >= 0.3 is 6.09 Å². The second kappa shape index (κ2) is 10.4. The van der Waals surface area contributed by atoms with Crippen LogP contribution >= 0.6 is 24.0 Å². The van der Waals surface area contributed by atoms with Crippen molar-refractivity contribution in [3.05, 3.63) is 30.1 Å². The van der Waals surface area contributed by atoms with Crippen LogP contribution in [0.2, 0.25) is 0 Å². The zero-order chi connectivity index (χ0) is 20.0. The zero-order valence-electron chi connectivity index (χ0n) is 16.4. The van der Waals surface area contributed by atoms with Crippen LogP contribution in [0.15, 0.2) is 29.3 Å². The van der Waals surface area contributed by atoms with Crippen LogP contribution in [0.25, 0.3) is 0 Å². The van der Waals surface area contributed by atoms with Gasteiger partial charge in [-0.3, -0.25) is 9.79 Å². The zero-order valence-corrected chi connectivity index (χ0v) is 18.7. The first-order chi connectivity index (χ1) is 12.7. The highest BCUT2D eigenvalue weighted by Gasteiger charge is 2.34. The molecule has 1 heterocycles. The van der Waals surface area contributed by atoms with Gasteiger partial charge < -0.3 is 25.6 Å². The van der Waals surface area contributed by atoms with Gasteiger partial charge in [0.25, 0.3) is 0 Å². The topological polar surface area (TPSA) is 95.1 Å². The Kier molecular flexibility index (Phi) is 8.92. The maximum Gasteiger partial charge on any atom is 0.410 e. The standard InChI is InChI=1S/C18H26FN5O3.HI/c1-18(2,3)27-17(26)24-10-14(11-24)23-16(20-4)21-9-15(25)22-13-7-5-6-12(19)8-13;/h5-8,14H,9-11H2,1-4H3,(H,22,25)(H2,20,21,23);1H. The third-order valence-electron chi connectivity index (χ3n) is 3.62. The molecule has 1 aliphatic rings. The van der Waals surface area contributed by atoms with Crippen LogP contribution in [-0.4, -0.2) is 61.2 Å². The van der Waals surface area contributed by atoms with Crippen molar-refractivity contribution in [1.82, 2.24) is 15.5 Å². The second-order valence-electron chi connectivity index (χ2n) is 7.21. The van der Waals surface area contributed by atoms with Crippen molar-refractivity contribution >= 4 is 47.6 Å². The molecule has 0 unspecified atom stereocenters. The Morgan fingerprint density at radius 3 is 2.57 bits per heavy atom. The average molecular weight is 507 g/mol. The molecule has 156 valence electrons. The Hall–Kier alpha value is -2.11. The van der Waals surface area contributed by atoms with Crippen molar-refractivity contribution in [2.75, 3.05) is 32.0 Å². The van der Waals surface area contributed by atoms with Crippen LogP contribution in [0, 0.1) is 5.82 Å². The van der Waals surface area contributed by atoms with Crippen LogP contribution in [0.1, 0.15) is 20.8 Å². The number of halogens is 2. The molecule has 28 heavy (non-hydrogen) atoms. The first kappa shape index (κ1) is 23.9. The maximum atomic E-state index is 13.1. The molecule has 2 amide bonds. The highest BCUT2D eigenvalue weighted by Crippen LogP contribution is 2.15. The molecule has 1 fully saturated rings. The van der Waals surface area contributed by atoms with Crippen molar-refractivity contribution in [3.63, 3.8) is 0 Å². The lowest BCUT2D eigenvalue weighted by atomic mass is 10.1. The first-order valence-corrected chi connectivity index (χ1v) is 8.67. The number of amides is 2. The van der Waals surface area contributed by atoms with E-state index in [2.05, 4.69) is 20.9 Å². The molecule has 0 radical (unpaired) electrons. The average Bonchev–Trinajstić information content (AvgIpc) is 2.51. The largest absolute Gasteiger partial charge is 0.444 e. The molecule has 0 atom stereocenters. The molecular weight excluding hydrogens is 480 g/mol. The predicted molar refractivity (Wildman–Crippen MR) is 117 cm³/mol. The summed E-state index contributed by atoms with van der Waals surface area (Å²) in [4.78, 5) is 29.5. The van der Waals surface area contributed by atoms with Gasteiger partial charge in [-0.2, -0.15) is 0 Å². The first-order valence-electron chi connectivity index (χ1n) is 8.67. The SMILES string of the molecule is CN=C(NCC(=O)Nc1cccc(F)c1)NC1CN(C(=O)OC(C)(C)C)C1.I. The van der Waals surface area contributed by atoms with Crippen LogP contribution < -0.4 is 16.0 Å². The normalized spacial score (nSPS) is 14.5. The summed E-state index contributed by atoms with van der Waals surface area (Å²) in [7, 11) is 1.59. The number of hydrogen-bond acceptors (Lipinski definition) is 4. The number of guanidine groups is 1. The van der Waals surface area contributed by atoms with E-state index < -0.39 is 11.4 Å². The second-order valence-corrected chi connectivity index (χ2v) is 7.21.